The van der Waals surface area contributed by atoms with Gasteiger partial charge in [0.05, 0.1) is 6.54 Å². The second-order valence-electron chi connectivity index (χ2n) is 7.83. The zero-order valence-electron chi connectivity index (χ0n) is 19.5. The summed E-state index contributed by atoms with van der Waals surface area (Å²) in [6.45, 7) is 3.99. The van der Waals surface area contributed by atoms with Crippen molar-refractivity contribution in [2.75, 3.05) is 19.6 Å². The lowest BCUT2D eigenvalue weighted by atomic mass is 9.96. The summed E-state index contributed by atoms with van der Waals surface area (Å²) in [4.78, 5) is 52.9. The van der Waals surface area contributed by atoms with E-state index < -0.39 is 41.8 Å². The number of hydrogen-bond donors (Lipinski definition) is 8. The minimum Gasteiger partial charge on any atom is -0.480 e. The number of unbranched alkanes of at least 4 members (excludes halogenated alkanes) is 1. The molecule has 0 spiro atoms. The lowest BCUT2D eigenvalue weighted by Crippen LogP contribution is -2.58. The van der Waals surface area contributed by atoms with Crippen molar-refractivity contribution in [2.24, 2.45) is 33.8 Å². The van der Waals surface area contributed by atoms with E-state index in [-0.39, 0.29) is 31.4 Å². The molecule has 4 unspecified atom stereocenters. The summed E-state index contributed by atoms with van der Waals surface area (Å²) in [5, 5.41) is 17.2. The molecule has 0 aromatic heterocycles. The largest absolute Gasteiger partial charge is 0.480 e. The average molecular weight is 473 g/mol. The maximum Gasteiger partial charge on any atom is 0.326 e. The van der Waals surface area contributed by atoms with Crippen LogP contribution in [0.4, 0.5) is 0 Å². The van der Waals surface area contributed by atoms with Gasteiger partial charge in [0.25, 0.3) is 0 Å². The van der Waals surface area contributed by atoms with Crippen molar-refractivity contribution >= 4 is 29.7 Å². The Hall–Kier alpha value is -2.93. The van der Waals surface area contributed by atoms with Gasteiger partial charge in [0.1, 0.15) is 18.1 Å². The first-order chi connectivity index (χ1) is 15.6. The monoisotopic (exact) mass is 472 g/mol. The molecule has 13 nitrogen and oxygen atoms in total. The quantitative estimate of drug-likeness (QED) is 0.0644. The number of nitrogens with two attached hydrogens (primary N) is 4. The van der Waals surface area contributed by atoms with Gasteiger partial charge in [0.2, 0.25) is 17.7 Å². The molecule has 0 fully saturated rings. The molecule has 0 rings (SSSR count). The molecule has 190 valence electrons. The van der Waals surface area contributed by atoms with Gasteiger partial charge < -0.3 is 44.0 Å². The molecule has 0 aliphatic carbocycles. The molecule has 12 N–H and O–H groups in total. The third-order valence-corrected chi connectivity index (χ3v) is 5.14. The van der Waals surface area contributed by atoms with Crippen molar-refractivity contribution in [3.05, 3.63) is 0 Å². The van der Waals surface area contributed by atoms with Crippen LogP contribution in [0.5, 0.6) is 0 Å². The van der Waals surface area contributed by atoms with Gasteiger partial charge >= 0.3 is 5.97 Å². The highest BCUT2D eigenvalue weighted by atomic mass is 16.4. The lowest BCUT2D eigenvalue weighted by Gasteiger charge is -2.27. The van der Waals surface area contributed by atoms with Gasteiger partial charge in [0.15, 0.2) is 5.96 Å². The molecule has 0 heterocycles. The molecule has 3 amide bonds. The summed E-state index contributed by atoms with van der Waals surface area (Å²) in [6.07, 6.45) is 2.57. The Morgan fingerprint density at radius 2 is 1.55 bits per heavy atom. The second kappa shape index (κ2) is 16.7. The van der Waals surface area contributed by atoms with E-state index in [1.807, 2.05) is 6.92 Å². The van der Waals surface area contributed by atoms with Crippen LogP contribution in [0, 0.1) is 5.92 Å². The topological polar surface area (TPSA) is 241 Å². The van der Waals surface area contributed by atoms with Crippen LogP contribution in [0.15, 0.2) is 4.99 Å². The molecular formula is C20H40N8O5. The number of guanidine groups is 1. The third kappa shape index (κ3) is 12.6. The molecular weight excluding hydrogens is 432 g/mol. The minimum atomic E-state index is -1.21. The molecule has 0 aromatic carbocycles. The first-order valence-corrected chi connectivity index (χ1v) is 11.2. The Balaban J connectivity index is 5.33. The number of hydrogen-bond acceptors (Lipinski definition) is 7. The van der Waals surface area contributed by atoms with E-state index in [2.05, 4.69) is 20.9 Å². The van der Waals surface area contributed by atoms with Crippen LogP contribution in [0.3, 0.4) is 0 Å². The van der Waals surface area contributed by atoms with Gasteiger partial charge in [-0.05, 0) is 44.6 Å². The zero-order chi connectivity index (χ0) is 25.4. The fourth-order valence-corrected chi connectivity index (χ4v) is 2.99. The Bertz CT molecular complexity index is 669. The van der Waals surface area contributed by atoms with Gasteiger partial charge in [-0.1, -0.05) is 20.3 Å². The number of aliphatic carboxylic acids is 1. The second-order valence-corrected chi connectivity index (χ2v) is 7.83. The van der Waals surface area contributed by atoms with Gasteiger partial charge in [-0.2, -0.15) is 0 Å². The molecule has 0 bridgehead atoms. The van der Waals surface area contributed by atoms with E-state index in [1.54, 1.807) is 6.92 Å². The van der Waals surface area contributed by atoms with E-state index in [4.69, 9.17) is 22.9 Å². The molecule has 0 aliphatic rings. The van der Waals surface area contributed by atoms with Crippen molar-refractivity contribution in [2.45, 2.75) is 70.5 Å². The van der Waals surface area contributed by atoms with Crippen LogP contribution in [-0.2, 0) is 19.2 Å². The molecule has 4 atom stereocenters. The number of carbonyl (C=O) groups is 4. The standard InChI is InChI=1S/C20H40N8O5/c1-3-12(2)16(18(31)27-14(19(32)33)8-6-10-25-20(23)24)28-17(30)13(7-4-5-9-21)26-15(29)11-22/h12-14,16H,3-11,21-22H2,1-2H3,(H,26,29)(H,27,31)(H,28,30)(H,32,33)(H4,23,24,25). The fourth-order valence-electron chi connectivity index (χ4n) is 2.99. The number of carboxylic acid groups (broad SMARTS) is 1. The number of nitrogens with zero attached hydrogens (tertiary/aromatic N) is 1. The summed E-state index contributed by atoms with van der Waals surface area (Å²) in [5.74, 6) is -3.28. The van der Waals surface area contributed by atoms with Crippen molar-refractivity contribution in [3.8, 4) is 0 Å². The van der Waals surface area contributed by atoms with Crippen LogP contribution >= 0.6 is 0 Å². The van der Waals surface area contributed by atoms with E-state index >= 15 is 0 Å². The van der Waals surface area contributed by atoms with Crippen LogP contribution in [0.2, 0.25) is 0 Å². The fraction of sp³-hybridized carbons (Fsp3) is 0.750. The van der Waals surface area contributed by atoms with Gasteiger partial charge in [0, 0.05) is 6.54 Å². The summed E-state index contributed by atoms with van der Waals surface area (Å²) in [7, 11) is 0. The van der Waals surface area contributed by atoms with Crippen LogP contribution < -0.4 is 38.9 Å². The summed E-state index contributed by atoms with van der Waals surface area (Å²) in [6, 6.07) is -3.05. The third-order valence-electron chi connectivity index (χ3n) is 5.14. The Labute approximate surface area is 194 Å². The smallest absolute Gasteiger partial charge is 0.326 e. The van der Waals surface area contributed by atoms with E-state index in [9.17, 15) is 24.3 Å². The zero-order valence-corrected chi connectivity index (χ0v) is 19.5. The van der Waals surface area contributed by atoms with Crippen molar-refractivity contribution < 1.29 is 24.3 Å². The summed E-state index contributed by atoms with van der Waals surface area (Å²) >= 11 is 0. The van der Waals surface area contributed by atoms with Gasteiger partial charge in [-0.3, -0.25) is 19.4 Å². The van der Waals surface area contributed by atoms with Gasteiger partial charge in [-0.15, -0.1) is 0 Å². The SMILES string of the molecule is CCC(C)C(NC(=O)C(CCCCN)NC(=O)CN)C(=O)NC(CCCN=C(N)N)C(=O)O. The van der Waals surface area contributed by atoms with Gasteiger partial charge in [-0.25, -0.2) is 4.79 Å². The maximum absolute atomic E-state index is 12.9. The molecule has 0 saturated heterocycles. The summed E-state index contributed by atoms with van der Waals surface area (Å²) in [5.41, 5.74) is 21.3. The normalized spacial score (nSPS) is 14.3. The highest BCUT2D eigenvalue weighted by molar-refractivity contribution is 5.93. The number of aliphatic imine (C=N–C) groups is 1. The predicted octanol–water partition coefficient (Wildman–Crippen LogP) is -2.29. The predicted molar refractivity (Wildman–Crippen MR) is 125 cm³/mol. The molecule has 33 heavy (non-hydrogen) atoms. The Kier molecular flexibility index (Phi) is 15.2. The molecule has 0 aliphatic heterocycles. The Morgan fingerprint density at radius 3 is 2.06 bits per heavy atom. The van der Waals surface area contributed by atoms with Crippen LogP contribution in [0.1, 0.15) is 52.4 Å². The highest BCUT2D eigenvalue weighted by Gasteiger charge is 2.31. The molecule has 0 aromatic rings. The number of amides is 3. The summed E-state index contributed by atoms with van der Waals surface area (Å²) < 4.78 is 0. The first-order valence-electron chi connectivity index (χ1n) is 11.2. The number of carbonyl (C=O) groups excluding carboxylic acids is 3. The van der Waals surface area contributed by atoms with Crippen molar-refractivity contribution in [1.82, 2.24) is 16.0 Å². The number of rotatable bonds is 17. The van der Waals surface area contributed by atoms with Crippen molar-refractivity contribution in [3.63, 3.8) is 0 Å². The highest BCUT2D eigenvalue weighted by Crippen LogP contribution is 2.11. The van der Waals surface area contributed by atoms with E-state index in [1.165, 1.54) is 0 Å². The van der Waals surface area contributed by atoms with E-state index in [0.29, 0.717) is 38.6 Å². The van der Waals surface area contributed by atoms with Crippen LogP contribution in [0.25, 0.3) is 0 Å². The lowest BCUT2D eigenvalue weighted by molar-refractivity contribution is -0.142. The molecule has 0 radical (unpaired) electrons. The first kappa shape index (κ1) is 30.1. The number of nitrogens with one attached hydrogen (secondary N) is 3. The van der Waals surface area contributed by atoms with E-state index in [0.717, 1.165) is 0 Å². The van der Waals surface area contributed by atoms with Crippen LogP contribution in [-0.4, -0.2) is 72.5 Å². The molecule has 0 saturated carbocycles. The average Bonchev–Trinajstić information content (AvgIpc) is 2.77. The minimum absolute atomic E-state index is 0.104. The molecule has 13 heteroatoms. The number of carboxylic acids is 1. The van der Waals surface area contributed by atoms with Crippen molar-refractivity contribution in [1.29, 1.82) is 0 Å². The maximum atomic E-state index is 12.9. The Morgan fingerprint density at radius 1 is 0.909 bits per heavy atom.